The van der Waals surface area contributed by atoms with Crippen molar-refractivity contribution < 1.29 is 0 Å². The molecule has 0 rings (SSSR count). The first-order valence-electron chi connectivity index (χ1n) is 4.68. The summed E-state index contributed by atoms with van der Waals surface area (Å²) in [6.45, 7) is 2.07. The van der Waals surface area contributed by atoms with Gasteiger partial charge in [0.25, 0.3) is 0 Å². The largest absolute Gasteiger partial charge is 0.0988 e. The van der Waals surface area contributed by atoms with Crippen LogP contribution in [0.25, 0.3) is 0 Å². The van der Waals surface area contributed by atoms with Crippen LogP contribution < -0.4 is 0 Å². The maximum atomic E-state index is 5.34. The molecule has 0 fully saturated rings. The van der Waals surface area contributed by atoms with Crippen LogP contribution in [0.4, 0.5) is 0 Å². The Hall–Kier alpha value is 7.79. The van der Waals surface area contributed by atoms with E-state index in [4.69, 9.17) is 22.4 Å². The second-order valence-corrected chi connectivity index (χ2v) is 44.6. The van der Waals surface area contributed by atoms with E-state index in [-0.39, 0.29) is 0 Å². The summed E-state index contributed by atoms with van der Waals surface area (Å²) in [6, 6.07) is 0. The predicted octanol–water partition coefficient (Wildman–Crippen LogP) is 13.2. The van der Waals surface area contributed by atoms with Crippen LogP contribution in [0.15, 0.2) is 0 Å². The van der Waals surface area contributed by atoms with Gasteiger partial charge in [-0.1, -0.05) is 18.6 Å². The molecule has 0 amide bonds. The molecule has 23 heteroatoms. The minimum atomic E-state index is -1.28. The summed E-state index contributed by atoms with van der Waals surface area (Å²) in [5, 5.41) is 0. The van der Waals surface area contributed by atoms with Gasteiger partial charge in [0.15, 0.2) is 0 Å². The average Bonchev–Trinajstić information content (AvgIpc) is 2.60. The quantitative estimate of drug-likeness (QED) is 0.0709. The molecular formula is C2H6S23. The average molecular weight is 768 g/mol. The zero-order valence-corrected chi connectivity index (χ0v) is 30.0. The summed E-state index contributed by atoms with van der Waals surface area (Å²) in [7, 11) is 33.4. The van der Waals surface area contributed by atoms with Crippen molar-refractivity contribution in [1.29, 1.82) is 0 Å². The summed E-state index contributed by atoms with van der Waals surface area (Å²) >= 11 is 14.7. The summed E-state index contributed by atoms with van der Waals surface area (Å²) in [5.41, 5.74) is 0. The van der Waals surface area contributed by atoms with Gasteiger partial charge >= 0.3 is 0 Å². The highest BCUT2D eigenvalue weighted by atomic mass is 34.1. The van der Waals surface area contributed by atoms with E-state index in [0.717, 1.165) is 5.75 Å². The van der Waals surface area contributed by atoms with E-state index in [0.29, 0.717) is 0 Å². The molecule has 0 aliphatic heterocycles. The number of hydrogen-bond acceptors (Lipinski definition) is 22. The van der Waals surface area contributed by atoms with Crippen LogP contribution in [0.3, 0.4) is 0 Å². The number of thiol groups is 1. The van der Waals surface area contributed by atoms with Crippen LogP contribution in [0.2, 0.25) is 0 Å². The highest BCUT2D eigenvalue weighted by Crippen LogP contribution is 2.64. The lowest BCUT2D eigenvalue weighted by Gasteiger charge is -2.03. The van der Waals surface area contributed by atoms with Gasteiger partial charge in [0.1, 0.15) is 0 Å². The molecule has 0 aromatic heterocycles. The van der Waals surface area contributed by atoms with Crippen molar-refractivity contribution >= 4 is 227 Å². The summed E-state index contributed by atoms with van der Waals surface area (Å²) in [6.07, 6.45) is -1.28. The predicted molar refractivity (Wildman–Crippen MR) is 186 cm³/mol. The number of hydrogen-bond donors (Lipinski definition) is 1. The monoisotopic (exact) mass is 765 g/mol. The molecule has 0 heterocycles. The molecule has 0 atom stereocenters. The van der Waals surface area contributed by atoms with Crippen LogP contribution in [-0.2, 0) is 28.6 Å². The molecule has 0 aliphatic rings. The molecule has 0 unspecified atom stereocenters. The molecular weight excluding hydrogens is 762 g/mol. The van der Waals surface area contributed by atoms with Gasteiger partial charge in [-0.05, 0) is 186 Å². The lowest BCUT2D eigenvalue weighted by molar-refractivity contribution is 1.54. The Morgan fingerprint density at radius 2 is 0.840 bits per heavy atom. The van der Waals surface area contributed by atoms with E-state index >= 15 is 0 Å². The van der Waals surface area contributed by atoms with Crippen LogP contribution >= 0.6 is 198 Å². The Balaban J connectivity index is 3.07. The summed E-state index contributed by atoms with van der Waals surface area (Å²) in [4.78, 5) is 0. The van der Waals surface area contributed by atoms with E-state index < -0.39 is 6.18 Å². The molecule has 0 bridgehead atoms. The van der Waals surface area contributed by atoms with Crippen molar-refractivity contribution in [3.05, 3.63) is 0 Å². The lowest BCUT2D eigenvalue weighted by atomic mass is 11.0. The van der Waals surface area contributed by atoms with Crippen molar-refractivity contribution in [2.24, 2.45) is 0 Å². The molecule has 0 aliphatic carbocycles. The van der Waals surface area contributed by atoms with Crippen molar-refractivity contribution in [2.45, 2.75) is 6.92 Å². The minimum absolute atomic E-state index is 0.920. The number of rotatable bonds is 20. The van der Waals surface area contributed by atoms with Crippen molar-refractivity contribution in [3.63, 3.8) is 0 Å². The Bertz CT molecular complexity index is 343. The fourth-order valence-electron chi connectivity index (χ4n) is 0.284. The van der Waals surface area contributed by atoms with Gasteiger partial charge in [0.2, 0.25) is 0 Å². The normalized spacial score (nSPS) is 11.9. The molecule has 0 nitrogen and oxygen atoms in total. The van der Waals surface area contributed by atoms with Gasteiger partial charge in [-0.3, -0.25) is 0 Å². The molecule has 0 radical (unpaired) electrons. The standard InChI is InChI=1S/C2H6S23/c1-2-25(4,5)24-23-22-21-20-19-18-17-16-15-14-13-12-11-10-9-8-7-6-3/h3H,2H2,1H3. The van der Waals surface area contributed by atoms with Gasteiger partial charge in [-0.2, -0.15) is 0 Å². The third-order valence-corrected chi connectivity index (χ3v) is 49.7. The van der Waals surface area contributed by atoms with E-state index in [1.54, 1.807) is 177 Å². The fraction of sp³-hybridized carbons (Fsp3) is 1.00. The van der Waals surface area contributed by atoms with Crippen molar-refractivity contribution in [2.75, 3.05) is 5.75 Å². The van der Waals surface area contributed by atoms with Crippen LogP contribution in [-0.4, -0.2) is 5.75 Å². The third-order valence-electron chi connectivity index (χ3n) is 0.960. The van der Waals surface area contributed by atoms with Crippen LogP contribution in [0.1, 0.15) is 6.92 Å². The van der Waals surface area contributed by atoms with Crippen LogP contribution in [0, 0.1) is 0 Å². The first kappa shape index (κ1) is 32.8. The second kappa shape index (κ2) is 26.4. The first-order chi connectivity index (χ1) is 12.1. The van der Waals surface area contributed by atoms with E-state index in [2.05, 4.69) is 18.6 Å². The lowest BCUT2D eigenvalue weighted by Crippen LogP contribution is -1.88. The minimum Gasteiger partial charge on any atom is -0.0988 e. The Morgan fingerprint density at radius 3 is 1.12 bits per heavy atom. The highest BCUT2D eigenvalue weighted by Gasteiger charge is 2.03. The Labute approximate surface area is 234 Å². The molecule has 152 valence electrons. The SMILES string of the molecule is CCS(=S)(=S)SSSSSSSSSSSSSSSSSSSS. The van der Waals surface area contributed by atoms with Gasteiger partial charge < -0.3 is 0 Å². The smallest absolute Gasteiger partial charge is 0.00918 e. The van der Waals surface area contributed by atoms with E-state index in [9.17, 15) is 0 Å². The van der Waals surface area contributed by atoms with Gasteiger partial charge in [0, 0.05) is 35.2 Å². The maximum Gasteiger partial charge on any atom is 0.00918 e. The Kier molecular flexibility index (Phi) is 34.6. The molecule has 0 N–H and O–H groups in total. The molecule has 25 heavy (non-hydrogen) atoms. The topological polar surface area (TPSA) is 0 Å². The first-order valence-corrected chi connectivity index (χ1v) is 34.7. The fourth-order valence-corrected chi connectivity index (χ4v) is 55.5. The summed E-state index contributed by atoms with van der Waals surface area (Å²) in [5.74, 6) is 0.920. The second-order valence-electron chi connectivity index (χ2n) is 2.15. The van der Waals surface area contributed by atoms with Gasteiger partial charge in [0.05, 0.1) is 0 Å². The molecule has 0 aromatic rings. The molecule has 0 aromatic carbocycles. The zero-order chi connectivity index (χ0) is 18.6. The van der Waals surface area contributed by atoms with Gasteiger partial charge in [-0.15, -0.1) is 0 Å². The van der Waals surface area contributed by atoms with Crippen LogP contribution in [0.5, 0.6) is 0 Å². The zero-order valence-electron chi connectivity index (χ0n) is 11.1. The molecule has 0 saturated heterocycles. The summed E-state index contributed by atoms with van der Waals surface area (Å²) < 4.78 is 0. The third kappa shape index (κ3) is 27.9. The highest BCUT2D eigenvalue weighted by molar-refractivity contribution is 9.59. The molecule has 0 spiro atoms. The molecule has 0 saturated carbocycles. The van der Waals surface area contributed by atoms with E-state index in [1.807, 2.05) is 0 Å². The van der Waals surface area contributed by atoms with E-state index in [1.165, 1.54) is 9.83 Å². The van der Waals surface area contributed by atoms with Gasteiger partial charge in [-0.25, -0.2) is 0 Å². The van der Waals surface area contributed by atoms with Crippen molar-refractivity contribution in [1.82, 2.24) is 0 Å². The maximum absolute atomic E-state index is 5.34. The Morgan fingerprint density at radius 1 is 0.560 bits per heavy atom. The van der Waals surface area contributed by atoms with Crippen molar-refractivity contribution in [3.8, 4) is 0 Å².